The molecular weight excluding hydrogens is 367 g/mol. The van der Waals surface area contributed by atoms with Crippen molar-refractivity contribution in [3.8, 4) is 11.3 Å². The van der Waals surface area contributed by atoms with E-state index >= 15 is 0 Å². The van der Waals surface area contributed by atoms with Crippen molar-refractivity contribution in [1.82, 2.24) is 9.29 Å². The molecule has 0 aliphatic heterocycles. The van der Waals surface area contributed by atoms with Crippen LogP contribution in [0.1, 0.15) is 5.56 Å². The second kappa shape index (κ2) is 6.68. The van der Waals surface area contributed by atoms with Gasteiger partial charge in [0.1, 0.15) is 11.4 Å². The zero-order chi connectivity index (χ0) is 19.0. The average Bonchev–Trinajstić information content (AvgIpc) is 3.29. The minimum Gasteiger partial charge on any atom is -0.464 e. The Bertz CT molecular complexity index is 1220. The summed E-state index contributed by atoms with van der Waals surface area (Å²) in [4.78, 5) is 0.0779. The van der Waals surface area contributed by atoms with E-state index in [0.29, 0.717) is 12.1 Å². The normalized spacial score (nSPS) is 11.9. The van der Waals surface area contributed by atoms with E-state index in [1.807, 2.05) is 0 Å². The monoisotopic (exact) mass is 384 g/mol. The molecule has 4 rings (SSSR count). The van der Waals surface area contributed by atoms with Crippen LogP contribution in [-0.4, -0.2) is 19.4 Å². The Morgan fingerprint density at radius 2 is 1.93 bits per heavy atom. The molecule has 4 aromatic rings. The number of benzene rings is 2. The molecule has 7 heteroatoms. The maximum atomic E-state index is 14.4. The molecular formula is C20H17FN2O3S. The van der Waals surface area contributed by atoms with E-state index < -0.39 is 15.8 Å². The SMILES string of the molecule is CNCc1cc(-c2ccccc2F)n(S(=O)(=O)c2ccc3ccoc3c2)c1. The van der Waals surface area contributed by atoms with E-state index in [4.69, 9.17) is 4.42 Å². The summed E-state index contributed by atoms with van der Waals surface area (Å²) < 4.78 is 47.4. The number of halogens is 1. The van der Waals surface area contributed by atoms with E-state index in [-0.39, 0.29) is 16.2 Å². The number of hydrogen-bond acceptors (Lipinski definition) is 4. The van der Waals surface area contributed by atoms with Crippen LogP contribution in [0.2, 0.25) is 0 Å². The molecule has 0 radical (unpaired) electrons. The molecule has 0 fully saturated rings. The van der Waals surface area contributed by atoms with Gasteiger partial charge in [-0.1, -0.05) is 12.1 Å². The standard InChI is InChI=1S/C20H17FN2O3S/c1-22-12-14-10-19(17-4-2-3-5-18(17)21)23(13-14)27(24,25)16-7-6-15-8-9-26-20(15)11-16/h2-11,13,22H,12H2,1H3. The Kier molecular flexibility index (Phi) is 4.33. The maximum Gasteiger partial charge on any atom is 0.268 e. The fourth-order valence-electron chi connectivity index (χ4n) is 3.07. The van der Waals surface area contributed by atoms with Crippen LogP contribution in [-0.2, 0) is 16.6 Å². The molecule has 0 saturated carbocycles. The fourth-order valence-corrected chi connectivity index (χ4v) is 4.48. The van der Waals surface area contributed by atoms with Crippen molar-refractivity contribution in [2.24, 2.45) is 0 Å². The van der Waals surface area contributed by atoms with Gasteiger partial charge in [0.2, 0.25) is 0 Å². The third-order valence-corrected chi connectivity index (χ3v) is 6.03. The number of nitrogens with one attached hydrogen (secondary N) is 1. The lowest BCUT2D eigenvalue weighted by atomic mass is 10.1. The molecule has 27 heavy (non-hydrogen) atoms. The van der Waals surface area contributed by atoms with Crippen molar-refractivity contribution in [3.05, 3.63) is 78.4 Å². The zero-order valence-electron chi connectivity index (χ0n) is 14.5. The number of nitrogens with zero attached hydrogens (tertiary/aromatic N) is 1. The molecule has 0 bridgehead atoms. The molecule has 0 aliphatic rings. The molecule has 0 spiro atoms. The van der Waals surface area contributed by atoms with Gasteiger partial charge < -0.3 is 9.73 Å². The summed E-state index contributed by atoms with van der Waals surface area (Å²) in [5.74, 6) is -0.482. The van der Waals surface area contributed by atoms with Gasteiger partial charge >= 0.3 is 0 Å². The van der Waals surface area contributed by atoms with Crippen molar-refractivity contribution in [1.29, 1.82) is 0 Å². The van der Waals surface area contributed by atoms with Gasteiger partial charge in [0.15, 0.2) is 0 Å². The topological polar surface area (TPSA) is 64.2 Å². The number of furan rings is 1. The molecule has 1 N–H and O–H groups in total. The van der Waals surface area contributed by atoms with Crippen LogP contribution < -0.4 is 5.32 Å². The lowest BCUT2D eigenvalue weighted by Gasteiger charge is -2.11. The molecule has 2 heterocycles. The Hall–Kier alpha value is -2.90. The summed E-state index contributed by atoms with van der Waals surface area (Å²) in [5.41, 5.74) is 1.71. The van der Waals surface area contributed by atoms with Gasteiger partial charge in [-0.15, -0.1) is 0 Å². The highest BCUT2D eigenvalue weighted by Crippen LogP contribution is 2.30. The number of hydrogen-bond donors (Lipinski definition) is 1. The van der Waals surface area contributed by atoms with Crippen molar-refractivity contribution in [2.45, 2.75) is 11.4 Å². The molecule has 0 atom stereocenters. The third-order valence-electron chi connectivity index (χ3n) is 4.36. The maximum absolute atomic E-state index is 14.4. The van der Waals surface area contributed by atoms with Gasteiger partial charge in [-0.25, -0.2) is 16.8 Å². The minimum absolute atomic E-state index is 0.0779. The van der Waals surface area contributed by atoms with Gasteiger partial charge in [0.25, 0.3) is 10.0 Å². The van der Waals surface area contributed by atoms with Gasteiger partial charge in [-0.3, -0.25) is 0 Å². The third kappa shape index (κ3) is 3.05. The lowest BCUT2D eigenvalue weighted by Crippen LogP contribution is -2.13. The summed E-state index contributed by atoms with van der Waals surface area (Å²) in [6, 6.07) is 14.3. The van der Waals surface area contributed by atoms with Crippen LogP contribution in [0.4, 0.5) is 4.39 Å². The quantitative estimate of drug-likeness (QED) is 0.565. The summed E-state index contributed by atoms with van der Waals surface area (Å²) in [6.45, 7) is 0.460. The summed E-state index contributed by atoms with van der Waals surface area (Å²) in [6.07, 6.45) is 3.02. The molecule has 0 amide bonds. The molecule has 138 valence electrons. The van der Waals surface area contributed by atoms with Gasteiger partial charge in [-0.05, 0) is 49.0 Å². The van der Waals surface area contributed by atoms with Crippen molar-refractivity contribution < 1.29 is 17.2 Å². The molecule has 2 aromatic carbocycles. The second-order valence-corrected chi connectivity index (χ2v) is 7.98. The Balaban J connectivity index is 1.92. The average molecular weight is 384 g/mol. The largest absolute Gasteiger partial charge is 0.464 e. The summed E-state index contributed by atoms with van der Waals surface area (Å²) in [7, 11) is -2.18. The lowest BCUT2D eigenvalue weighted by molar-refractivity contribution is 0.586. The van der Waals surface area contributed by atoms with Crippen LogP contribution in [0.3, 0.4) is 0 Å². The molecule has 0 aliphatic carbocycles. The van der Waals surface area contributed by atoms with Crippen LogP contribution in [0.25, 0.3) is 22.2 Å². The van der Waals surface area contributed by atoms with E-state index in [0.717, 1.165) is 14.9 Å². The highest BCUT2D eigenvalue weighted by molar-refractivity contribution is 7.90. The number of fused-ring (bicyclic) bond motifs is 1. The highest BCUT2D eigenvalue weighted by atomic mass is 32.2. The molecule has 5 nitrogen and oxygen atoms in total. The van der Waals surface area contributed by atoms with Crippen LogP contribution >= 0.6 is 0 Å². The van der Waals surface area contributed by atoms with Gasteiger partial charge in [0.05, 0.1) is 16.9 Å². The first kappa shape index (κ1) is 17.5. The Morgan fingerprint density at radius 1 is 1.11 bits per heavy atom. The highest BCUT2D eigenvalue weighted by Gasteiger charge is 2.23. The van der Waals surface area contributed by atoms with Crippen LogP contribution in [0.15, 0.2) is 76.4 Å². The van der Waals surface area contributed by atoms with E-state index in [9.17, 15) is 12.8 Å². The van der Waals surface area contributed by atoms with Gasteiger partial charge in [-0.2, -0.15) is 0 Å². The first-order valence-electron chi connectivity index (χ1n) is 8.34. The van der Waals surface area contributed by atoms with Crippen LogP contribution in [0.5, 0.6) is 0 Å². The number of aromatic nitrogens is 1. The molecule has 2 aromatic heterocycles. The van der Waals surface area contributed by atoms with E-state index in [1.54, 1.807) is 43.4 Å². The molecule has 0 unspecified atom stereocenters. The molecule has 0 saturated heterocycles. The summed E-state index contributed by atoms with van der Waals surface area (Å²) >= 11 is 0. The Morgan fingerprint density at radius 3 is 2.70 bits per heavy atom. The number of rotatable bonds is 5. The minimum atomic E-state index is -3.94. The van der Waals surface area contributed by atoms with Crippen molar-refractivity contribution >= 4 is 21.0 Å². The first-order valence-corrected chi connectivity index (χ1v) is 9.78. The first-order chi connectivity index (χ1) is 13.0. The van der Waals surface area contributed by atoms with Gasteiger partial charge in [0, 0.05) is 29.8 Å². The summed E-state index contributed by atoms with van der Waals surface area (Å²) in [5, 5.41) is 3.80. The smallest absolute Gasteiger partial charge is 0.268 e. The van der Waals surface area contributed by atoms with Crippen LogP contribution in [0, 0.1) is 5.82 Å². The Labute approximate surface area is 156 Å². The predicted octanol–water partition coefficient (Wildman–Crippen LogP) is 4.00. The van der Waals surface area contributed by atoms with E-state index in [1.165, 1.54) is 30.7 Å². The fraction of sp³-hybridized carbons (Fsp3) is 0.100. The van der Waals surface area contributed by atoms with Crippen molar-refractivity contribution in [2.75, 3.05) is 7.05 Å². The zero-order valence-corrected chi connectivity index (χ0v) is 15.3. The predicted molar refractivity (Wildman–Crippen MR) is 101 cm³/mol. The van der Waals surface area contributed by atoms with E-state index in [2.05, 4.69) is 5.32 Å². The van der Waals surface area contributed by atoms with Crippen molar-refractivity contribution in [3.63, 3.8) is 0 Å². The second-order valence-electron chi connectivity index (χ2n) is 6.16.